The molecule has 0 aromatic rings. The molecule has 1 aliphatic rings. The van der Waals surface area contributed by atoms with Crippen molar-refractivity contribution >= 4 is 12.1 Å². The zero-order valence-electron chi connectivity index (χ0n) is 11.0. The van der Waals surface area contributed by atoms with Crippen molar-refractivity contribution in [1.29, 1.82) is 0 Å². The van der Waals surface area contributed by atoms with E-state index in [9.17, 15) is 9.59 Å². The average molecular weight is 243 g/mol. The van der Waals surface area contributed by atoms with Crippen molar-refractivity contribution in [2.45, 2.75) is 39.2 Å². The van der Waals surface area contributed by atoms with Crippen LogP contribution in [0.15, 0.2) is 0 Å². The van der Waals surface area contributed by atoms with Gasteiger partial charge >= 0.3 is 12.1 Å². The number of rotatable bonds is 2. The van der Waals surface area contributed by atoms with Crippen LogP contribution in [0.3, 0.4) is 0 Å². The highest BCUT2D eigenvalue weighted by Crippen LogP contribution is 2.22. The Morgan fingerprint density at radius 3 is 2.53 bits per heavy atom. The summed E-state index contributed by atoms with van der Waals surface area (Å²) in [4.78, 5) is 24.5. The second kappa shape index (κ2) is 5.38. The Labute approximate surface area is 102 Å². The molecule has 5 nitrogen and oxygen atoms in total. The highest BCUT2D eigenvalue weighted by atomic mass is 16.6. The third-order valence-electron chi connectivity index (χ3n) is 2.62. The van der Waals surface area contributed by atoms with Crippen molar-refractivity contribution in [1.82, 2.24) is 4.90 Å². The molecular formula is C12H21NO4. The molecule has 0 radical (unpaired) electrons. The maximum absolute atomic E-state index is 11.7. The molecule has 0 spiro atoms. The lowest BCUT2D eigenvalue weighted by molar-refractivity contribution is -0.141. The number of methoxy groups -OCH3 is 1. The highest BCUT2D eigenvalue weighted by molar-refractivity contribution is 5.71. The first kappa shape index (κ1) is 13.8. The smallest absolute Gasteiger partial charge is 0.410 e. The zero-order chi connectivity index (χ0) is 13.1. The lowest BCUT2D eigenvalue weighted by atomic mass is 10.1. The summed E-state index contributed by atoms with van der Waals surface area (Å²) in [6, 6.07) is 0. The molecule has 1 unspecified atom stereocenters. The van der Waals surface area contributed by atoms with Crippen molar-refractivity contribution in [3.05, 3.63) is 0 Å². The van der Waals surface area contributed by atoms with Gasteiger partial charge in [0.15, 0.2) is 0 Å². The van der Waals surface area contributed by atoms with Gasteiger partial charge < -0.3 is 14.4 Å². The van der Waals surface area contributed by atoms with E-state index in [-0.39, 0.29) is 18.0 Å². The summed E-state index contributed by atoms with van der Waals surface area (Å²) in [6.07, 6.45) is 0.898. The first-order valence-electron chi connectivity index (χ1n) is 5.86. The van der Waals surface area contributed by atoms with Crippen LogP contribution in [0.5, 0.6) is 0 Å². The van der Waals surface area contributed by atoms with Gasteiger partial charge in [0.2, 0.25) is 0 Å². The predicted octanol–water partition coefficient (Wildman–Crippen LogP) is 1.81. The van der Waals surface area contributed by atoms with E-state index in [0.717, 1.165) is 6.42 Å². The average Bonchev–Trinajstić information content (AvgIpc) is 2.63. The SMILES string of the molecule is COC(=O)CC1CCN(C(=O)OC(C)(C)C)C1. The standard InChI is InChI=1S/C12H21NO4/c1-12(2,3)17-11(15)13-6-5-9(8-13)7-10(14)16-4/h9H,5-8H2,1-4H3. The molecular weight excluding hydrogens is 222 g/mol. The molecule has 17 heavy (non-hydrogen) atoms. The minimum Gasteiger partial charge on any atom is -0.469 e. The van der Waals surface area contributed by atoms with Crippen molar-refractivity contribution in [3.8, 4) is 0 Å². The molecule has 0 N–H and O–H groups in total. The molecule has 1 amide bonds. The minimum atomic E-state index is -0.475. The molecule has 1 rings (SSSR count). The van der Waals surface area contributed by atoms with Gasteiger partial charge in [0.1, 0.15) is 5.60 Å². The van der Waals surface area contributed by atoms with E-state index in [1.807, 2.05) is 20.8 Å². The monoisotopic (exact) mass is 243 g/mol. The molecule has 1 aliphatic heterocycles. The zero-order valence-corrected chi connectivity index (χ0v) is 11.0. The van der Waals surface area contributed by atoms with E-state index in [1.54, 1.807) is 4.90 Å². The van der Waals surface area contributed by atoms with E-state index in [2.05, 4.69) is 4.74 Å². The molecule has 0 aromatic carbocycles. The van der Waals surface area contributed by atoms with Crippen molar-refractivity contribution in [2.24, 2.45) is 5.92 Å². The number of ether oxygens (including phenoxy) is 2. The van der Waals surface area contributed by atoms with Crippen LogP contribution in [0.25, 0.3) is 0 Å². The minimum absolute atomic E-state index is 0.190. The Balaban J connectivity index is 2.39. The fraction of sp³-hybridized carbons (Fsp3) is 0.833. The Bertz CT molecular complexity index is 295. The number of amides is 1. The van der Waals surface area contributed by atoms with Crippen LogP contribution in [0, 0.1) is 5.92 Å². The van der Waals surface area contributed by atoms with Crippen LogP contribution in [0.4, 0.5) is 4.79 Å². The fourth-order valence-corrected chi connectivity index (χ4v) is 1.81. The maximum atomic E-state index is 11.7. The molecule has 98 valence electrons. The second-order valence-electron chi connectivity index (χ2n) is 5.36. The molecule has 5 heteroatoms. The van der Waals surface area contributed by atoms with Gasteiger partial charge in [-0.25, -0.2) is 4.79 Å². The third kappa shape index (κ3) is 4.63. The Morgan fingerprint density at radius 2 is 2.00 bits per heavy atom. The summed E-state index contributed by atoms with van der Waals surface area (Å²) in [5, 5.41) is 0. The molecule has 0 aromatic heterocycles. The number of hydrogen-bond donors (Lipinski definition) is 0. The fourth-order valence-electron chi connectivity index (χ4n) is 1.81. The van der Waals surface area contributed by atoms with Crippen molar-refractivity contribution < 1.29 is 19.1 Å². The number of likely N-dealkylation sites (tertiary alicyclic amines) is 1. The molecule has 0 aliphatic carbocycles. The first-order valence-corrected chi connectivity index (χ1v) is 5.86. The highest BCUT2D eigenvalue weighted by Gasteiger charge is 2.30. The van der Waals surface area contributed by atoms with Crippen LogP contribution in [-0.2, 0) is 14.3 Å². The molecule has 1 heterocycles. The molecule has 1 saturated heterocycles. The molecule has 0 saturated carbocycles. The Morgan fingerprint density at radius 1 is 1.35 bits per heavy atom. The topological polar surface area (TPSA) is 55.8 Å². The maximum Gasteiger partial charge on any atom is 0.410 e. The van der Waals surface area contributed by atoms with Gasteiger partial charge in [0.05, 0.1) is 13.5 Å². The second-order valence-corrected chi connectivity index (χ2v) is 5.36. The van der Waals surface area contributed by atoms with E-state index >= 15 is 0 Å². The van der Waals surface area contributed by atoms with E-state index in [0.29, 0.717) is 19.5 Å². The number of hydrogen-bond acceptors (Lipinski definition) is 4. The van der Waals surface area contributed by atoms with E-state index < -0.39 is 5.60 Å². The number of esters is 1. The number of nitrogens with zero attached hydrogens (tertiary/aromatic N) is 1. The largest absolute Gasteiger partial charge is 0.469 e. The van der Waals surface area contributed by atoms with Gasteiger partial charge in [0.25, 0.3) is 0 Å². The molecule has 1 atom stereocenters. The summed E-state index contributed by atoms with van der Waals surface area (Å²) >= 11 is 0. The van der Waals surface area contributed by atoms with Crippen LogP contribution < -0.4 is 0 Å². The van der Waals surface area contributed by atoms with Crippen LogP contribution in [-0.4, -0.2) is 42.8 Å². The van der Waals surface area contributed by atoms with Gasteiger partial charge in [-0.15, -0.1) is 0 Å². The predicted molar refractivity (Wildman–Crippen MR) is 62.5 cm³/mol. The van der Waals surface area contributed by atoms with Crippen molar-refractivity contribution in [3.63, 3.8) is 0 Å². The summed E-state index contributed by atoms with van der Waals surface area (Å²) in [5.74, 6) is -0.0315. The summed E-state index contributed by atoms with van der Waals surface area (Å²) in [6.45, 7) is 6.74. The lowest BCUT2D eigenvalue weighted by Gasteiger charge is -2.24. The van der Waals surface area contributed by atoms with Crippen LogP contribution >= 0.6 is 0 Å². The first-order chi connectivity index (χ1) is 7.81. The van der Waals surface area contributed by atoms with Crippen LogP contribution in [0.2, 0.25) is 0 Å². The molecule has 1 fully saturated rings. The summed E-state index contributed by atoms with van der Waals surface area (Å²) < 4.78 is 9.89. The number of carbonyl (C=O) groups excluding carboxylic acids is 2. The van der Waals surface area contributed by atoms with Gasteiger partial charge in [-0.2, -0.15) is 0 Å². The van der Waals surface area contributed by atoms with E-state index in [4.69, 9.17) is 4.74 Å². The normalized spacial score (nSPS) is 20.2. The van der Waals surface area contributed by atoms with Gasteiger partial charge in [-0.3, -0.25) is 4.79 Å². The lowest BCUT2D eigenvalue weighted by Crippen LogP contribution is -2.35. The van der Waals surface area contributed by atoms with Crippen molar-refractivity contribution in [2.75, 3.05) is 20.2 Å². The quantitative estimate of drug-likeness (QED) is 0.694. The van der Waals surface area contributed by atoms with Gasteiger partial charge in [-0.05, 0) is 33.1 Å². The molecule has 0 bridgehead atoms. The van der Waals surface area contributed by atoms with Gasteiger partial charge in [-0.1, -0.05) is 0 Å². The Kier molecular flexibility index (Phi) is 4.37. The summed E-state index contributed by atoms with van der Waals surface area (Å²) in [7, 11) is 1.38. The van der Waals surface area contributed by atoms with E-state index in [1.165, 1.54) is 7.11 Å². The summed E-state index contributed by atoms with van der Waals surface area (Å²) in [5.41, 5.74) is -0.475. The number of carbonyl (C=O) groups is 2. The van der Waals surface area contributed by atoms with Crippen LogP contribution in [0.1, 0.15) is 33.6 Å². The Hall–Kier alpha value is -1.26. The van der Waals surface area contributed by atoms with Gasteiger partial charge in [0, 0.05) is 13.1 Å². The third-order valence-corrected chi connectivity index (χ3v) is 2.62.